The third-order valence-electron chi connectivity index (χ3n) is 3.65. The van der Waals surface area contributed by atoms with Crippen molar-refractivity contribution in [3.8, 4) is 0 Å². The van der Waals surface area contributed by atoms with E-state index in [4.69, 9.17) is 0 Å². The maximum absolute atomic E-state index is 13.2. The molecule has 1 aromatic heterocycles. The molecular weight excluding hydrogens is 290 g/mol. The average molecular weight is 306 g/mol. The average Bonchev–Trinajstić information content (AvgIpc) is 2.45. The molecule has 0 fully saturated rings. The van der Waals surface area contributed by atoms with Crippen molar-refractivity contribution in [2.75, 3.05) is 23.8 Å². The van der Waals surface area contributed by atoms with Gasteiger partial charge in [-0.15, -0.1) is 0 Å². The molecule has 1 N–H and O–H groups in total. The quantitative estimate of drug-likeness (QED) is 0.942. The number of anilines is 2. The van der Waals surface area contributed by atoms with Gasteiger partial charge in [-0.3, -0.25) is 4.57 Å². The van der Waals surface area contributed by atoms with Crippen molar-refractivity contribution in [3.05, 3.63) is 51.9 Å². The van der Waals surface area contributed by atoms with Crippen molar-refractivity contribution in [2.24, 2.45) is 0 Å². The molecule has 7 heteroatoms. The molecule has 0 bridgehead atoms. The Morgan fingerprint density at radius 3 is 2.64 bits per heavy atom. The van der Waals surface area contributed by atoms with Crippen LogP contribution < -0.4 is 15.9 Å². The topological polar surface area (TPSA) is 50.2 Å². The first-order chi connectivity index (χ1) is 10.5. The zero-order valence-electron chi connectivity index (χ0n) is 12.1. The second kappa shape index (κ2) is 5.75. The lowest BCUT2D eigenvalue weighted by Gasteiger charge is -2.28. The minimum Gasteiger partial charge on any atom is -0.366 e. The fraction of sp³-hybridized carbons (Fsp3) is 0.333. The van der Waals surface area contributed by atoms with Gasteiger partial charge in [0.15, 0.2) is 0 Å². The summed E-state index contributed by atoms with van der Waals surface area (Å²) in [5.74, 6) is -0.0705. The molecule has 0 amide bonds. The molecule has 0 saturated carbocycles. The van der Waals surface area contributed by atoms with E-state index in [9.17, 15) is 13.6 Å². The van der Waals surface area contributed by atoms with Gasteiger partial charge in [0.05, 0.1) is 0 Å². The predicted molar refractivity (Wildman–Crippen MR) is 80.1 cm³/mol. The summed E-state index contributed by atoms with van der Waals surface area (Å²) in [5, 5.41) is 2.94. The molecule has 0 aliphatic carbocycles. The summed E-state index contributed by atoms with van der Waals surface area (Å²) in [6, 6.07) is 5.08. The van der Waals surface area contributed by atoms with E-state index in [0.29, 0.717) is 17.9 Å². The summed E-state index contributed by atoms with van der Waals surface area (Å²) in [6.07, 6.45) is 0.903. The van der Waals surface area contributed by atoms with Gasteiger partial charge in [0.2, 0.25) is 0 Å². The van der Waals surface area contributed by atoms with Crippen molar-refractivity contribution in [1.29, 1.82) is 0 Å². The minimum absolute atomic E-state index is 0.189. The van der Waals surface area contributed by atoms with Crippen molar-refractivity contribution in [1.82, 2.24) is 9.55 Å². The van der Waals surface area contributed by atoms with Crippen LogP contribution in [0.5, 0.6) is 0 Å². The zero-order valence-corrected chi connectivity index (χ0v) is 12.1. The maximum Gasteiger partial charge on any atom is 0.351 e. The molecule has 1 aromatic carbocycles. The number of hydrogen-bond acceptors (Lipinski definition) is 4. The summed E-state index contributed by atoms with van der Waals surface area (Å²) in [5.41, 5.74) is 0.127. The molecule has 0 unspecified atom stereocenters. The van der Waals surface area contributed by atoms with Gasteiger partial charge < -0.3 is 10.2 Å². The van der Waals surface area contributed by atoms with Gasteiger partial charge in [-0.05, 0) is 24.1 Å². The molecular formula is C15H16F2N4O. The van der Waals surface area contributed by atoms with E-state index < -0.39 is 11.6 Å². The van der Waals surface area contributed by atoms with Crippen LogP contribution in [0.3, 0.4) is 0 Å². The Labute approximate surface area is 126 Å². The molecule has 0 atom stereocenters. The van der Waals surface area contributed by atoms with Crippen LogP contribution in [-0.4, -0.2) is 23.1 Å². The second-order valence-electron chi connectivity index (χ2n) is 5.34. The fourth-order valence-electron chi connectivity index (χ4n) is 2.60. The van der Waals surface area contributed by atoms with Crippen LogP contribution >= 0.6 is 0 Å². The van der Waals surface area contributed by atoms with Gasteiger partial charge in [-0.2, -0.15) is 4.98 Å². The monoisotopic (exact) mass is 306 g/mol. The number of nitrogens with zero attached hydrogens (tertiary/aromatic N) is 3. The molecule has 1 aliphatic heterocycles. The number of fused-ring (bicyclic) bond motifs is 1. The van der Waals surface area contributed by atoms with Crippen LogP contribution in [0.25, 0.3) is 0 Å². The van der Waals surface area contributed by atoms with Gasteiger partial charge in [0.25, 0.3) is 0 Å². The third-order valence-corrected chi connectivity index (χ3v) is 3.65. The summed E-state index contributed by atoms with van der Waals surface area (Å²) in [6.45, 7) is 1.72. The normalized spacial score (nSPS) is 13.9. The molecule has 0 radical (unpaired) electrons. The highest BCUT2D eigenvalue weighted by Gasteiger charge is 2.16. The van der Waals surface area contributed by atoms with Gasteiger partial charge in [-0.1, -0.05) is 0 Å². The number of halogens is 2. The lowest BCUT2D eigenvalue weighted by molar-refractivity contribution is 0.555. The highest BCUT2D eigenvalue weighted by atomic mass is 19.1. The fourth-order valence-corrected chi connectivity index (χ4v) is 2.60. The number of rotatable bonds is 3. The van der Waals surface area contributed by atoms with Crippen LogP contribution in [0.2, 0.25) is 0 Å². The van der Waals surface area contributed by atoms with Crippen LogP contribution in [-0.2, 0) is 13.1 Å². The molecule has 22 heavy (non-hydrogen) atoms. The van der Waals surface area contributed by atoms with Crippen molar-refractivity contribution in [2.45, 2.75) is 19.5 Å². The standard InChI is InChI=1S/C15H16F2N4O/c1-20-3-2-4-21-14(20)8-13(19-15(21)22)18-9-10-5-11(16)7-12(17)6-10/h5-8H,2-4,9H2,1H3,(H,18,19,22). The lowest BCUT2D eigenvalue weighted by atomic mass is 10.2. The number of benzene rings is 1. The molecule has 2 aromatic rings. The van der Waals surface area contributed by atoms with Gasteiger partial charge >= 0.3 is 5.69 Å². The molecule has 1 aliphatic rings. The van der Waals surface area contributed by atoms with Crippen molar-refractivity contribution < 1.29 is 8.78 Å². The molecule has 0 saturated heterocycles. The summed E-state index contributed by atoms with van der Waals surface area (Å²) >= 11 is 0. The van der Waals surface area contributed by atoms with E-state index >= 15 is 0 Å². The van der Waals surface area contributed by atoms with Crippen LogP contribution in [0.4, 0.5) is 20.4 Å². The first-order valence-corrected chi connectivity index (χ1v) is 7.05. The number of nitrogens with one attached hydrogen (secondary N) is 1. The van der Waals surface area contributed by atoms with Crippen molar-refractivity contribution in [3.63, 3.8) is 0 Å². The van der Waals surface area contributed by atoms with Crippen LogP contribution in [0.1, 0.15) is 12.0 Å². The predicted octanol–water partition coefficient (Wildman–Crippen LogP) is 1.97. The first kappa shape index (κ1) is 14.5. The largest absolute Gasteiger partial charge is 0.366 e. The minimum atomic E-state index is -0.630. The summed E-state index contributed by atoms with van der Waals surface area (Å²) in [4.78, 5) is 18.0. The smallest absolute Gasteiger partial charge is 0.351 e. The summed E-state index contributed by atoms with van der Waals surface area (Å²) in [7, 11) is 1.91. The SMILES string of the molecule is CN1CCCn2c1cc(NCc1cc(F)cc(F)c1)nc2=O. The molecule has 2 heterocycles. The van der Waals surface area contributed by atoms with Gasteiger partial charge in [-0.25, -0.2) is 13.6 Å². The Kier molecular flexibility index (Phi) is 3.79. The molecule has 0 spiro atoms. The maximum atomic E-state index is 13.2. The van der Waals surface area contributed by atoms with E-state index in [1.54, 1.807) is 10.6 Å². The van der Waals surface area contributed by atoms with Gasteiger partial charge in [0, 0.05) is 38.8 Å². The highest BCUT2D eigenvalue weighted by molar-refractivity contribution is 5.50. The number of hydrogen-bond donors (Lipinski definition) is 1. The molecule has 116 valence electrons. The molecule has 3 rings (SSSR count). The lowest BCUT2D eigenvalue weighted by Crippen LogP contribution is -2.36. The highest BCUT2D eigenvalue weighted by Crippen LogP contribution is 2.19. The van der Waals surface area contributed by atoms with E-state index in [2.05, 4.69) is 10.3 Å². The number of aromatic nitrogens is 2. The third kappa shape index (κ3) is 2.93. The Morgan fingerprint density at radius 1 is 1.18 bits per heavy atom. The zero-order chi connectivity index (χ0) is 15.7. The first-order valence-electron chi connectivity index (χ1n) is 7.05. The Hall–Kier alpha value is -2.44. The Morgan fingerprint density at radius 2 is 1.91 bits per heavy atom. The Bertz CT molecular complexity index is 739. The van der Waals surface area contributed by atoms with Gasteiger partial charge in [0.1, 0.15) is 23.3 Å². The Balaban J connectivity index is 1.82. The summed E-state index contributed by atoms with van der Waals surface area (Å²) < 4.78 is 27.9. The van der Waals surface area contributed by atoms with Crippen LogP contribution in [0.15, 0.2) is 29.1 Å². The van der Waals surface area contributed by atoms with E-state index in [1.807, 2.05) is 11.9 Å². The van der Waals surface area contributed by atoms with Crippen molar-refractivity contribution >= 4 is 11.6 Å². The molecule has 5 nitrogen and oxygen atoms in total. The van der Waals surface area contributed by atoms with E-state index in [-0.39, 0.29) is 12.2 Å². The van der Waals surface area contributed by atoms with E-state index in [0.717, 1.165) is 24.8 Å². The van der Waals surface area contributed by atoms with E-state index in [1.165, 1.54) is 12.1 Å². The second-order valence-corrected chi connectivity index (χ2v) is 5.34. The van der Waals surface area contributed by atoms with Crippen LogP contribution in [0, 0.1) is 11.6 Å².